The van der Waals surface area contributed by atoms with E-state index in [9.17, 15) is 23.3 Å². The van der Waals surface area contributed by atoms with Gasteiger partial charge in [-0.2, -0.15) is 9.57 Å². The minimum absolute atomic E-state index is 0.0239. The van der Waals surface area contributed by atoms with Crippen LogP contribution in [0.1, 0.15) is 44.6 Å². The third kappa shape index (κ3) is 3.69. The number of aromatic amines is 1. The highest BCUT2D eigenvalue weighted by molar-refractivity contribution is 7.89. The molecule has 0 aliphatic carbocycles. The Bertz CT molecular complexity index is 1120. The van der Waals surface area contributed by atoms with Crippen LogP contribution in [0.15, 0.2) is 29.2 Å². The fourth-order valence-electron chi connectivity index (χ4n) is 3.70. The second-order valence-corrected chi connectivity index (χ2v) is 8.89. The van der Waals surface area contributed by atoms with Gasteiger partial charge in [0.2, 0.25) is 10.0 Å². The molecule has 2 heterocycles. The van der Waals surface area contributed by atoms with Gasteiger partial charge in [0.05, 0.1) is 10.5 Å². The maximum atomic E-state index is 12.9. The molecule has 3 rings (SSSR count). The number of rotatable bonds is 4. The number of hydrogen-bond donors (Lipinski definition) is 1. The lowest BCUT2D eigenvalue weighted by Crippen LogP contribution is -2.50. The summed E-state index contributed by atoms with van der Waals surface area (Å²) in [5.74, 6) is -0.366. The lowest BCUT2D eigenvalue weighted by molar-refractivity contribution is 0.0691. The van der Waals surface area contributed by atoms with Gasteiger partial charge >= 0.3 is 0 Å². The third-order valence-electron chi connectivity index (χ3n) is 5.15. The first-order valence-corrected chi connectivity index (χ1v) is 10.6. The van der Waals surface area contributed by atoms with Crippen LogP contribution in [0, 0.1) is 25.2 Å². The molecule has 1 aliphatic heterocycles. The van der Waals surface area contributed by atoms with Crippen molar-refractivity contribution >= 4 is 21.7 Å². The summed E-state index contributed by atoms with van der Waals surface area (Å²) in [6.45, 7) is 5.64. The van der Waals surface area contributed by atoms with Gasteiger partial charge in [0.25, 0.3) is 5.91 Å². The molecule has 0 unspecified atom stereocenters. The number of H-pyrrole nitrogens is 1. The first-order chi connectivity index (χ1) is 13.7. The number of nitrogens with zero attached hydrogens (tertiary/aromatic N) is 3. The molecule has 1 amide bonds. The van der Waals surface area contributed by atoms with Crippen LogP contribution < -0.4 is 0 Å². The van der Waals surface area contributed by atoms with E-state index in [4.69, 9.17) is 0 Å². The number of aromatic nitrogens is 1. The van der Waals surface area contributed by atoms with E-state index >= 15 is 0 Å². The number of Topliss-reactive ketones (excluding diaryl/α,β-unsaturated/α-hetero) is 1. The lowest BCUT2D eigenvalue weighted by atomic mass is 10.1. The van der Waals surface area contributed by atoms with Gasteiger partial charge in [0, 0.05) is 37.4 Å². The van der Waals surface area contributed by atoms with Gasteiger partial charge in [-0.1, -0.05) is 12.1 Å². The van der Waals surface area contributed by atoms with E-state index in [-0.39, 0.29) is 48.3 Å². The van der Waals surface area contributed by atoms with Gasteiger partial charge in [0.15, 0.2) is 5.78 Å². The quantitative estimate of drug-likeness (QED) is 0.767. The van der Waals surface area contributed by atoms with Gasteiger partial charge in [-0.15, -0.1) is 0 Å². The predicted octanol–water partition coefficient (Wildman–Crippen LogP) is 1.85. The van der Waals surface area contributed by atoms with Crippen molar-refractivity contribution in [3.05, 3.63) is 52.3 Å². The monoisotopic (exact) mass is 414 g/mol. The number of benzene rings is 1. The largest absolute Gasteiger partial charge is 0.354 e. The van der Waals surface area contributed by atoms with E-state index in [1.807, 2.05) is 6.07 Å². The van der Waals surface area contributed by atoms with Crippen LogP contribution in [0.3, 0.4) is 0 Å². The first kappa shape index (κ1) is 20.8. The molecule has 0 atom stereocenters. The van der Waals surface area contributed by atoms with Crippen LogP contribution in [0.25, 0.3) is 0 Å². The molecule has 0 radical (unpaired) electrons. The highest BCUT2D eigenvalue weighted by atomic mass is 32.2. The molecule has 0 saturated carbocycles. The van der Waals surface area contributed by atoms with Gasteiger partial charge in [-0.3, -0.25) is 9.59 Å². The molecule has 8 nitrogen and oxygen atoms in total. The van der Waals surface area contributed by atoms with Crippen LogP contribution in [0.4, 0.5) is 0 Å². The van der Waals surface area contributed by atoms with Crippen LogP contribution in [-0.4, -0.2) is 60.5 Å². The average Bonchev–Trinajstić information content (AvgIpc) is 3.01. The molecular formula is C20H22N4O4S. The molecule has 152 valence electrons. The highest BCUT2D eigenvalue weighted by Crippen LogP contribution is 2.23. The number of amides is 1. The van der Waals surface area contributed by atoms with E-state index in [0.29, 0.717) is 22.5 Å². The van der Waals surface area contributed by atoms with Crippen molar-refractivity contribution in [1.82, 2.24) is 14.2 Å². The van der Waals surface area contributed by atoms with Crippen molar-refractivity contribution in [2.75, 3.05) is 26.2 Å². The van der Waals surface area contributed by atoms with Crippen molar-refractivity contribution in [2.45, 2.75) is 25.7 Å². The van der Waals surface area contributed by atoms with Gasteiger partial charge in [-0.05, 0) is 38.5 Å². The van der Waals surface area contributed by atoms with E-state index in [2.05, 4.69) is 4.98 Å². The molecule has 1 fully saturated rings. The van der Waals surface area contributed by atoms with Gasteiger partial charge < -0.3 is 9.88 Å². The Balaban J connectivity index is 1.77. The molecule has 1 aliphatic rings. The molecule has 0 bridgehead atoms. The summed E-state index contributed by atoms with van der Waals surface area (Å²) < 4.78 is 27.1. The molecule has 2 aromatic rings. The predicted molar refractivity (Wildman–Crippen MR) is 106 cm³/mol. The van der Waals surface area contributed by atoms with Crippen molar-refractivity contribution < 1.29 is 18.0 Å². The zero-order valence-corrected chi connectivity index (χ0v) is 17.3. The highest BCUT2D eigenvalue weighted by Gasteiger charge is 2.33. The number of piperazine rings is 1. The van der Waals surface area contributed by atoms with Crippen LogP contribution in [0.5, 0.6) is 0 Å². The maximum absolute atomic E-state index is 12.9. The average molecular weight is 414 g/mol. The second kappa shape index (κ2) is 7.81. The maximum Gasteiger partial charge on any atom is 0.270 e. The SMILES string of the molecule is CC(=O)c1c(C)[nH]c(C(=O)N2CCN(S(=O)(=O)c3ccccc3C#N)CC2)c1C. The smallest absolute Gasteiger partial charge is 0.270 e. The summed E-state index contributed by atoms with van der Waals surface area (Å²) in [4.78, 5) is 29.3. The molecule has 1 saturated heterocycles. The van der Waals surface area contributed by atoms with Crippen molar-refractivity contribution in [3.63, 3.8) is 0 Å². The van der Waals surface area contributed by atoms with Crippen LogP contribution in [0.2, 0.25) is 0 Å². The molecule has 9 heteroatoms. The fraction of sp³-hybridized carbons (Fsp3) is 0.350. The van der Waals surface area contributed by atoms with Crippen molar-refractivity contribution in [1.29, 1.82) is 5.26 Å². The number of sulfonamides is 1. The normalized spacial score (nSPS) is 15.2. The van der Waals surface area contributed by atoms with Crippen LogP contribution in [-0.2, 0) is 10.0 Å². The van der Waals surface area contributed by atoms with E-state index in [0.717, 1.165) is 0 Å². The Morgan fingerprint density at radius 2 is 1.72 bits per heavy atom. The van der Waals surface area contributed by atoms with Gasteiger partial charge in [-0.25, -0.2) is 8.42 Å². The number of ketones is 1. The Kier molecular flexibility index (Phi) is 5.59. The number of carbonyl (C=O) groups excluding carboxylic acids is 2. The standard InChI is InChI=1S/C20H22N4O4S/c1-13-18(15(3)25)14(2)22-19(13)20(26)23-8-10-24(11-9-23)29(27,28)17-7-5-4-6-16(17)12-21/h4-7,22H,8-11H2,1-3H3. The fourth-order valence-corrected chi connectivity index (χ4v) is 5.27. The molecule has 1 aromatic heterocycles. The van der Waals surface area contributed by atoms with E-state index in [1.165, 1.54) is 23.4 Å². The number of hydrogen-bond acceptors (Lipinski definition) is 5. The van der Waals surface area contributed by atoms with Crippen LogP contribution >= 0.6 is 0 Å². The summed E-state index contributed by atoms with van der Waals surface area (Å²) in [6.07, 6.45) is 0. The zero-order chi connectivity index (χ0) is 21.3. The van der Waals surface area contributed by atoms with E-state index in [1.54, 1.807) is 30.9 Å². The summed E-state index contributed by atoms with van der Waals surface area (Å²) in [6, 6.07) is 7.99. The second-order valence-electron chi connectivity index (χ2n) is 6.99. The van der Waals surface area contributed by atoms with Crippen molar-refractivity contribution in [3.8, 4) is 6.07 Å². The lowest BCUT2D eigenvalue weighted by Gasteiger charge is -2.34. The third-order valence-corrected chi connectivity index (χ3v) is 7.11. The Morgan fingerprint density at radius 3 is 2.28 bits per heavy atom. The Labute approximate surface area is 169 Å². The summed E-state index contributed by atoms with van der Waals surface area (Å²) in [7, 11) is -3.82. The minimum atomic E-state index is -3.82. The summed E-state index contributed by atoms with van der Waals surface area (Å²) in [5, 5.41) is 9.20. The van der Waals surface area contributed by atoms with Gasteiger partial charge in [0.1, 0.15) is 11.8 Å². The molecule has 1 aromatic carbocycles. The minimum Gasteiger partial charge on any atom is -0.354 e. The summed E-state index contributed by atoms with van der Waals surface area (Å²) >= 11 is 0. The van der Waals surface area contributed by atoms with E-state index < -0.39 is 10.0 Å². The molecular weight excluding hydrogens is 392 g/mol. The zero-order valence-electron chi connectivity index (χ0n) is 16.5. The number of nitrogens with one attached hydrogen (secondary N) is 1. The molecule has 1 N–H and O–H groups in total. The Morgan fingerprint density at radius 1 is 1.10 bits per heavy atom. The molecule has 29 heavy (non-hydrogen) atoms. The Hall–Kier alpha value is -2.96. The molecule has 0 spiro atoms. The number of carbonyl (C=O) groups is 2. The number of aryl methyl sites for hydroxylation is 1. The summed E-state index contributed by atoms with van der Waals surface area (Å²) in [5.41, 5.74) is 2.23. The van der Waals surface area contributed by atoms with Crippen molar-refractivity contribution in [2.24, 2.45) is 0 Å². The topological polar surface area (TPSA) is 114 Å². The first-order valence-electron chi connectivity index (χ1n) is 9.17. The number of nitriles is 1.